The van der Waals surface area contributed by atoms with E-state index in [1.165, 1.54) is 6.08 Å². The average Bonchev–Trinajstić information content (AvgIpc) is 2.84. The zero-order valence-corrected chi connectivity index (χ0v) is 21.4. The highest BCUT2D eigenvalue weighted by Crippen LogP contribution is 2.31. The quantitative estimate of drug-likeness (QED) is 0.220. The molecule has 2 N–H and O–H groups in total. The predicted molar refractivity (Wildman–Crippen MR) is 145 cm³/mol. The normalized spacial score (nSPS) is 14.9. The maximum Gasteiger partial charge on any atom is 0.203 e. The number of rotatable bonds is 5. The summed E-state index contributed by atoms with van der Waals surface area (Å²) in [6.07, 6.45) is 1.35. The molecule has 7 heteroatoms. The van der Waals surface area contributed by atoms with Crippen molar-refractivity contribution in [3.05, 3.63) is 120 Å². The first-order valence-electron chi connectivity index (χ1n) is 9.86. The molecule has 0 amide bonds. The van der Waals surface area contributed by atoms with Crippen molar-refractivity contribution in [1.29, 1.82) is 0 Å². The summed E-state index contributed by atoms with van der Waals surface area (Å²) in [5.74, 6) is -1.03. The van der Waals surface area contributed by atoms with Gasteiger partial charge in [0.05, 0.1) is 22.7 Å². The Hall–Kier alpha value is -2.92. The lowest BCUT2D eigenvalue weighted by molar-refractivity contribution is -0.111. The molecule has 0 spiro atoms. The van der Waals surface area contributed by atoms with E-state index >= 15 is 0 Å². The molecular formula is C26H16I2N2O3. The molecule has 0 aliphatic heterocycles. The van der Waals surface area contributed by atoms with E-state index in [9.17, 15) is 14.4 Å². The number of hydrogen-bond acceptors (Lipinski definition) is 5. The van der Waals surface area contributed by atoms with Crippen molar-refractivity contribution in [2.24, 2.45) is 10.7 Å². The van der Waals surface area contributed by atoms with Gasteiger partial charge < -0.3 is 5.73 Å². The number of carbonyl (C=O) groups is 3. The number of nitrogens with two attached hydrogens (primary N) is 1. The van der Waals surface area contributed by atoms with Crippen molar-refractivity contribution >= 4 is 73.9 Å². The van der Waals surface area contributed by atoms with Crippen molar-refractivity contribution in [2.75, 3.05) is 0 Å². The molecule has 3 aromatic carbocycles. The van der Waals surface area contributed by atoms with E-state index in [0.29, 0.717) is 26.0 Å². The number of hydrogen-bond donors (Lipinski definition) is 1. The lowest BCUT2D eigenvalue weighted by Gasteiger charge is -2.17. The summed E-state index contributed by atoms with van der Waals surface area (Å²) in [5, 5.41) is 0. The molecule has 0 saturated carbocycles. The van der Waals surface area contributed by atoms with Crippen molar-refractivity contribution < 1.29 is 14.4 Å². The minimum absolute atomic E-state index is 0.0368. The van der Waals surface area contributed by atoms with Crippen molar-refractivity contribution in [2.45, 2.75) is 0 Å². The molecule has 0 fully saturated rings. The molecule has 33 heavy (non-hydrogen) atoms. The topological polar surface area (TPSA) is 89.6 Å². The van der Waals surface area contributed by atoms with Crippen molar-refractivity contribution in [1.82, 2.24) is 0 Å². The second-order valence-corrected chi connectivity index (χ2v) is 9.57. The smallest absolute Gasteiger partial charge is 0.203 e. The molecule has 0 aromatic heterocycles. The highest BCUT2D eigenvalue weighted by Gasteiger charge is 2.30. The van der Waals surface area contributed by atoms with Gasteiger partial charge in [-0.1, -0.05) is 60.7 Å². The van der Waals surface area contributed by atoms with Crippen molar-refractivity contribution in [3.8, 4) is 0 Å². The second-order valence-electron chi connectivity index (χ2n) is 7.16. The van der Waals surface area contributed by atoms with Crippen LogP contribution in [0.5, 0.6) is 0 Å². The summed E-state index contributed by atoms with van der Waals surface area (Å²) in [6, 6.07) is 22.8. The third kappa shape index (κ3) is 4.88. The SMILES string of the molecule is NC1=C(C(=O)c2ccccc2)C(=Nc2ccc(I)cc2C(=O)c2ccccc2)C(I)=CC1=O. The van der Waals surface area contributed by atoms with Gasteiger partial charge in [0, 0.05) is 29.9 Å². The van der Waals surface area contributed by atoms with Crippen LogP contribution in [-0.4, -0.2) is 23.1 Å². The molecule has 5 nitrogen and oxygen atoms in total. The first kappa shape index (κ1) is 23.2. The Morgan fingerprint density at radius 2 is 1.36 bits per heavy atom. The van der Waals surface area contributed by atoms with Gasteiger partial charge in [-0.15, -0.1) is 0 Å². The van der Waals surface area contributed by atoms with Gasteiger partial charge >= 0.3 is 0 Å². The van der Waals surface area contributed by atoms with Crippen LogP contribution in [0.3, 0.4) is 0 Å². The summed E-state index contributed by atoms with van der Waals surface area (Å²) in [5.41, 5.74) is 7.94. The van der Waals surface area contributed by atoms with Crippen LogP contribution < -0.4 is 5.73 Å². The van der Waals surface area contributed by atoms with E-state index in [1.54, 1.807) is 66.7 Å². The van der Waals surface area contributed by atoms with Crippen LogP contribution in [0.25, 0.3) is 0 Å². The predicted octanol–water partition coefficient (Wildman–Crippen LogP) is 5.59. The number of nitrogens with zero attached hydrogens (tertiary/aromatic N) is 1. The molecule has 0 heterocycles. The molecule has 0 bridgehead atoms. The Morgan fingerprint density at radius 3 is 1.97 bits per heavy atom. The third-order valence-electron chi connectivity index (χ3n) is 4.99. The van der Waals surface area contributed by atoms with Gasteiger partial charge in [0.15, 0.2) is 11.6 Å². The zero-order chi connectivity index (χ0) is 23.5. The molecule has 0 unspecified atom stereocenters. The van der Waals surface area contributed by atoms with Gasteiger partial charge in [-0.25, -0.2) is 4.99 Å². The van der Waals surface area contributed by atoms with Gasteiger partial charge in [0.2, 0.25) is 5.78 Å². The standard InChI is InChI=1S/C26H16I2N2O3/c27-17-11-12-20(18(13-17)25(32)15-7-3-1-4-8-15)30-24-19(28)14-21(31)23(29)22(24)26(33)16-9-5-2-6-10-16/h1-14H,29H2. The van der Waals surface area contributed by atoms with Crippen LogP contribution in [0.2, 0.25) is 0 Å². The fourth-order valence-electron chi connectivity index (χ4n) is 3.36. The summed E-state index contributed by atoms with van der Waals surface area (Å²) in [6.45, 7) is 0. The number of ketones is 3. The summed E-state index contributed by atoms with van der Waals surface area (Å²) < 4.78 is 1.35. The van der Waals surface area contributed by atoms with Crippen LogP contribution in [0, 0.1) is 3.57 Å². The second kappa shape index (κ2) is 9.92. The molecule has 1 aliphatic rings. The van der Waals surface area contributed by atoms with E-state index < -0.39 is 11.6 Å². The third-order valence-corrected chi connectivity index (χ3v) is 6.48. The van der Waals surface area contributed by atoms with E-state index in [-0.39, 0.29) is 22.8 Å². The monoisotopic (exact) mass is 658 g/mol. The molecule has 1 aliphatic carbocycles. The molecule has 3 aromatic rings. The zero-order valence-electron chi connectivity index (χ0n) is 17.1. The average molecular weight is 658 g/mol. The van der Waals surface area contributed by atoms with Gasteiger partial charge in [-0.2, -0.15) is 0 Å². The minimum atomic E-state index is -0.444. The van der Waals surface area contributed by atoms with Crippen LogP contribution in [0.1, 0.15) is 26.3 Å². The van der Waals surface area contributed by atoms with E-state index in [1.807, 2.05) is 34.7 Å². The summed E-state index contributed by atoms with van der Waals surface area (Å²) in [4.78, 5) is 43.7. The molecule has 0 saturated heterocycles. The number of Topliss-reactive ketones (excluding diaryl/α,β-unsaturated/α-hetero) is 1. The Morgan fingerprint density at radius 1 is 0.788 bits per heavy atom. The number of allylic oxidation sites excluding steroid dienone is 3. The number of benzene rings is 3. The van der Waals surface area contributed by atoms with Gasteiger partial charge in [-0.3, -0.25) is 14.4 Å². The van der Waals surface area contributed by atoms with E-state index in [4.69, 9.17) is 10.7 Å². The highest BCUT2D eigenvalue weighted by atomic mass is 127. The Labute approximate surface area is 217 Å². The Bertz CT molecular complexity index is 1380. The number of halogens is 2. The fourth-order valence-corrected chi connectivity index (χ4v) is 4.52. The van der Waals surface area contributed by atoms with Gasteiger partial charge in [0.25, 0.3) is 0 Å². The maximum atomic E-state index is 13.3. The number of carbonyl (C=O) groups excluding carboxylic acids is 3. The maximum absolute atomic E-state index is 13.3. The van der Waals surface area contributed by atoms with Crippen molar-refractivity contribution in [3.63, 3.8) is 0 Å². The fraction of sp³-hybridized carbons (Fsp3) is 0. The molecule has 162 valence electrons. The minimum Gasteiger partial charge on any atom is -0.395 e. The molecular weight excluding hydrogens is 642 g/mol. The lowest BCUT2D eigenvalue weighted by atomic mass is 9.92. The Balaban J connectivity index is 1.88. The van der Waals surface area contributed by atoms with Crippen LogP contribution in [0.4, 0.5) is 5.69 Å². The first-order valence-corrected chi connectivity index (χ1v) is 12.0. The van der Waals surface area contributed by atoms with E-state index in [2.05, 4.69) is 22.6 Å². The summed E-state index contributed by atoms with van der Waals surface area (Å²) >= 11 is 4.10. The van der Waals surface area contributed by atoms with E-state index in [0.717, 1.165) is 3.57 Å². The van der Waals surface area contributed by atoms with Crippen LogP contribution >= 0.6 is 45.2 Å². The largest absolute Gasteiger partial charge is 0.395 e. The van der Waals surface area contributed by atoms with Crippen LogP contribution in [0.15, 0.2) is 105 Å². The highest BCUT2D eigenvalue weighted by molar-refractivity contribution is 14.1. The number of aliphatic imine (C=N–C) groups is 1. The lowest BCUT2D eigenvalue weighted by Crippen LogP contribution is -2.27. The first-order chi connectivity index (χ1) is 15.9. The summed E-state index contributed by atoms with van der Waals surface area (Å²) in [7, 11) is 0. The Kier molecular flexibility index (Phi) is 6.99. The molecule has 4 rings (SSSR count). The molecule has 0 atom stereocenters. The van der Waals surface area contributed by atoms with Crippen LogP contribution in [-0.2, 0) is 4.79 Å². The van der Waals surface area contributed by atoms with Gasteiger partial charge in [-0.05, 0) is 63.4 Å². The molecule has 0 radical (unpaired) electrons. The van der Waals surface area contributed by atoms with Gasteiger partial charge in [0.1, 0.15) is 0 Å².